The fourth-order valence-corrected chi connectivity index (χ4v) is 2.01. The van der Waals surface area contributed by atoms with Gasteiger partial charge in [-0.2, -0.15) is 0 Å². The van der Waals surface area contributed by atoms with Crippen molar-refractivity contribution in [1.29, 1.82) is 0 Å². The molecule has 1 saturated heterocycles. The van der Waals surface area contributed by atoms with Gasteiger partial charge in [-0.25, -0.2) is 0 Å². The van der Waals surface area contributed by atoms with Crippen molar-refractivity contribution >= 4 is 18.3 Å². The third-order valence-corrected chi connectivity index (χ3v) is 2.96. The second-order valence-electron chi connectivity index (χ2n) is 4.25. The lowest BCUT2D eigenvalue weighted by atomic mass is 9.79. The third-order valence-electron chi connectivity index (χ3n) is 2.96. The van der Waals surface area contributed by atoms with Crippen LogP contribution in [0.1, 0.15) is 6.42 Å². The van der Waals surface area contributed by atoms with Crippen molar-refractivity contribution < 1.29 is 25.0 Å². The largest absolute Gasteiger partial charge is 0.490 e. The van der Waals surface area contributed by atoms with Crippen LogP contribution in [-0.4, -0.2) is 52.4 Å². The number of benzene rings is 1. The van der Waals surface area contributed by atoms with Gasteiger partial charge in [0.05, 0.1) is 12.7 Å². The number of ether oxygens (including phenoxy) is 1. The average molecular weight is 253 g/mol. The predicted octanol–water partition coefficient (Wildman–Crippen LogP) is -1.75. The van der Waals surface area contributed by atoms with Crippen molar-refractivity contribution in [3.63, 3.8) is 0 Å². The fourth-order valence-electron chi connectivity index (χ4n) is 2.01. The molecule has 5 N–H and O–H groups in total. The zero-order chi connectivity index (χ0) is 13.1. The molecule has 0 aliphatic carbocycles. The molecule has 2 rings (SSSR count). The zero-order valence-electron chi connectivity index (χ0n) is 9.73. The van der Waals surface area contributed by atoms with Gasteiger partial charge in [-0.15, -0.1) is 0 Å². The number of hydrogen-bond donors (Lipinski definition) is 5. The first kappa shape index (κ1) is 13.3. The van der Waals surface area contributed by atoms with Gasteiger partial charge in [0.15, 0.2) is 0 Å². The standard InChI is InChI=1S/C11H16BNO5/c14-6-10-9(15)5-11(18-10)13-8-4-2-1-3-7(8)12(16)17/h1-4,9-11,13-17H,5-6H2/t9-,10+,11?/m0/s1. The molecule has 0 saturated carbocycles. The zero-order valence-corrected chi connectivity index (χ0v) is 9.73. The second-order valence-corrected chi connectivity index (χ2v) is 4.25. The molecule has 0 amide bonds. The van der Waals surface area contributed by atoms with E-state index >= 15 is 0 Å². The molecule has 1 aromatic carbocycles. The van der Waals surface area contributed by atoms with Crippen LogP contribution in [0.4, 0.5) is 5.69 Å². The average Bonchev–Trinajstić information content (AvgIpc) is 2.70. The van der Waals surface area contributed by atoms with Gasteiger partial charge in [-0.1, -0.05) is 18.2 Å². The molecule has 7 heteroatoms. The molecule has 0 spiro atoms. The van der Waals surface area contributed by atoms with Crippen molar-refractivity contribution in [2.75, 3.05) is 11.9 Å². The summed E-state index contributed by atoms with van der Waals surface area (Å²) < 4.78 is 5.39. The minimum absolute atomic E-state index is 0.246. The Kier molecular flexibility index (Phi) is 4.21. The van der Waals surface area contributed by atoms with Gasteiger partial charge in [0.2, 0.25) is 0 Å². The number of rotatable bonds is 4. The summed E-state index contributed by atoms with van der Waals surface area (Å²) in [5.41, 5.74) is 0.867. The second kappa shape index (κ2) is 5.68. The van der Waals surface area contributed by atoms with Crippen molar-refractivity contribution in [2.24, 2.45) is 0 Å². The third kappa shape index (κ3) is 2.82. The van der Waals surface area contributed by atoms with Crippen LogP contribution >= 0.6 is 0 Å². The van der Waals surface area contributed by atoms with Crippen LogP contribution in [0.15, 0.2) is 24.3 Å². The Hall–Kier alpha value is -1.12. The van der Waals surface area contributed by atoms with Crippen LogP contribution in [0.3, 0.4) is 0 Å². The summed E-state index contributed by atoms with van der Waals surface area (Å²) in [6.07, 6.45) is -1.45. The Morgan fingerprint density at radius 2 is 2.06 bits per heavy atom. The smallest absolute Gasteiger partial charge is 0.423 e. The minimum Gasteiger partial charge on any atom is -0.423 e. The molecule has 1 aliphatic heterocycles. The van der Waals surface area contributed by atoms with Crippen molar-refractivity contribution in [1.82, 2.24) is 0 Å². The van der Waals surface area contributed by atoms with Crippen LogP contribution in [0, 0.1) is 0 Å². The highest BCUT2D eigenvalue weighted by Gasteiger charge is 2.33. The number of nitrogens with one attached hydrogen (secondary N) is 1. The van der Waals surface area contributed by atoms with Crippen LogP contribution in [0.25, 0.3) is 0 Å². The SMILES string of the molecule is OC[C@H]1OC(Nc2ccccc2B(O)O)C[C@@H]1O. The topological polar surface area (TPSA) is 102 Å². The summed E-state index contributed by atoms with van der Waals surface area (Å²) in [4.78, 5) is 0. The van der Waals surface area contributed by atoms with Crippen LogP contribution in [0.2, 0.25) is 0 Å². The lowest BCUT2D eigenvalue weighted by Gasteiger charge is -2.17. The van der Waals surface area contributed by atoms with Gasteiger partial charge in [0.1, 0.15) is 12.3 Å². The van der Waals surface area contributed by atoms with Gasteiger partial charge >= 0.3 is 7.12 Å². The lowest BCUT2D eigenvalue weighted by molar-refractivity contribution is -0.0148. The van der Waals surface area contributed by atoms with Gasteiger partial charge in [0, 0.05) is 17.6 Å². The normalized spacial score (nSPS) is 27.2. The van der Waals surface area contributed by atoms with Crippen LogP contribution < -0.4 is 10.8 Å². The van der Waals surface area contributed by atoms with E-state index in [1.165, 1.54) is 0 Å². The highest BCUT2D eigenvalue weighted by molar-refractivity contribution is 6.60. The quantitative estimate of drug-likeness (QED) is 0.408. The Bertz CT molecular complexity index is 403. The highest BCUT2D eigenvalue weighted by atomic mass is 16.5. The van der Waals surface area contributed by atoms with E-state index in [1.54, 1.807) is 24.3 Å². The number of hydrogen-bond acceptors (Lipinski definition) is 6. The van der Waals surface area contributed by atoms with Crippen molar-refractivity contribution in [3.05, 3.63) is 24.3 Å². The highest BCUT2D eigenvalue weighted by Crippen LogP contribution is 2.21. The Labute approximate surface area is 105 Å². The minimum atomic E-state index is -1.58. The number of aliphatic hydroxyl groups excluding tert-OH is 2. The molecular weight excluding hydrogens is 237 g/mol. The van der Waals surface area contributed by atoms with Gasteiger partial charge in [-0.3, -0.25) is 0 Å². The predicted molar refractivity (Wildman–Crippen MR) is 66.3 cm³/mol. The van der Waals surface area contributed by atoms with E-state index in [-0.39, 0.29) is 6.61 Å². The number of anilines is 1. The monoisotopic (exact) mass is 253 g/mol. The first-order chi connectivity index (χ1) is 8.61. The summed E-state index contributed by atoms with van der Waals surface area (Å²) in [5.74, 6) is 0. The molecule has 0 aromatic heterocycles. The summed E-state index contributed by atoms with van der Waals surface area (Å²) in [7, 11) is -1.58. The molecule has 1 aromatic rings. The first-order valence-corrected chi connectivity index (χ1v) is 5.78. The maximum Gasteiger partial charge on any atom is 0.490 e. The molecule has 1 fully saturated rings. The van der Waals surface area contributed by atoms with Crippen molar-refractivity contribution in [3.8, 4) is 0 Å². The molecule has 3 atom stereocenters. The number of para-hydroxylation sites is 1. The van der Waals surface area contributed by atoms with E-state index in [9.17, 15) is 15.2 Å². The molecule has 0 bridgehead atoms. The molecule has 98 valence electrons. The van der Waals surface area contributed by atoms with Crippen LogP contribution in [0.5, 0.6) is 0 Å². The Balaban J connectivity index is 2.06. The van der Waals surface area contributed by atoms with Gasteiger partial charge in [0.25, 0.3) is 0 Å². The molecule has 6 nitrogen and oxygen atoms in total. The molecule has 0 radical (unpaired) electrons. The lowest BCUT2D eigenvalue weighted by Crippen LogP contribution is -2.34. The fraction of sp³-hybridized carbons (Fsp3) is 0.455. The molecule has 1 heterocycles. The van der Waals surface area contributed by atoms with E-state index in [2.05, 4.69) is 5.32 Å². The van der Waals surface area contributed by atoms with E-state index in [4.69, 9.17) is 9.84 Å². The van der Waals surface area contributed by atoms with Crippen LogP contribution in [-0.2, 0) is 4.74 Å². The first-order valence-electron chi connectivity index (χ1n) is 5.78. The summed E-state index contributed by atoms with van der Waals surface area (Å²) in [5, 5.41) is 40.0. The maximum atomic E-state index is 9.59. The van der Waals surface area contributed by atoms with E-state index in [1.807, 2.05) is 0 Å². The summed E-state index contributed by atoms with van der Waals surface area (Å²) >= 11 is 0. The summed E-state index contributed by atoms with van der Waals surface area (Å²) in [6.45, 7) is -0.246. The van der Waals surface area contributed by atoms with E-state index < -0.39 is 25.6 Å². The Morgan fingerprint density at radius 1 is 1.33 bits per heavy atom. The maximum absolute atomic E-state index is 9.59. The van der Waals surface area contributed by atoms with E-state index in [0.717, 1.165) is 0 Å². The molecular formula is C11H16BNO5. The Morgan fingerprint density at radius 3 is 2.67 bits per heavy atom. The molecule has 18 heavy (non-hydrogen) atoms. The summed E-state index contributed by atoms with van der Waals surface area (Å²) in [6, 6.07) is 6.72. The van der Waals surface area contributed by atoms with Gasteiger partial charge < -0.3 is 30.3 Å². The molecule has 1 aliphatic rings. The van der Waals surface area contributed by atoms with Crippen molar-refractivity contribution in [2.45, 2.75) is 24.9 Å². The van der Waals surface area contributed by atoms with E-state index in [0.29, 0.717) is 17.6 Å². The van der Waals surface area contributed by atoms with Gasteiger partial charge in [-0.05, 0) is 6.07 Å². The number of aliphatic hydroxyl groups is 2. The molecule has 1 unspecified atom stereocenters.